The van der Waals surface area contributed by atoms with Gasteiger partial charge < -0.3 is 9.84 Å². The summed E-state index contributed by atoms with van der Waals surface area (Å²) in [4.78, 5) is 0. The molecule has 1 N–H and O–H groups in total. The van der Waals surface area contributed by atoms with E-state index in [9.17, 15) is 18.3 Å². The van der Waals surface area contributed by atoms with Gasteiger partial charge in [-0.2, -0.15) is 13.2 Å². The molecule has 2 nitrogen and oxygen atoms in total. The highest BCUT2D eigenvalue weighted by atomic mass is 19.4. The van der Waals surface area contributed by atoms with Gasteiger partial charge in [0.25, 0.3) is 0 Å². The summed E-state index contributed by atoms with van der Waals surface area (Å²) in [5, 5.41) is 9.86. The van der Waals surface area contributed by atoms with Gasteiger partial charge in [0.1, 0.15) is 0 Å². The molecule has 1 rings (SSSR count). The smallest absolute Gasteiger partial charge is 0.388 e. The predicted octanol–water partition coefficient (Wildman–Crippen LogP) is 3.47. The van der Waals surface area contributed by atoms with E-state index in [-0.39, 0.29) is 0 Å². The average molecular weight is 262 g/mol. The maximum Gasteiger partial charge on any atom is 0.416 e. The van der Waals surface area contributed by atoms with Crippen LogP contribution < -0.4 is 0 Å². The number of aliphatic hydroxyl groups excluding tert-OH is 1. The second kappa shape index (κ2) is 6.20. The first-order valence-electron chi connectivity index (χ1n) is 5.79. The summed E-state index contributed by atoms with van der Waals surface area (Å²) in [6.45, 7) is 4.35. The molecular weight excluding hydrogens is 245 g/mol. The summed E-state index contributed by atoms with van der Waals surface area (Å²) in [5.74, 6) is 0. The molecule has 1 aromatic rings. The van der Waals surface area contributed by atoms with Gasteiger partial charge in [-0.3, -0.25) is 0 Å². The molecule has 0 aromatic heterocycles. The van der Waals surface area contributed by atoms with E-state index in [1.54, 1.807) is 6.92 Å². The van der Waals surface area contributed by atoms with Crippen LogP contribution in [0.3, 0.4) is 0 Å². The molecule has 0 radical (unpaired) electrons. The topological polar surface area (TPSA) is 29.5 Å². The number of aryl methyl sites for hydroxylation is 1. The van der Waals surface area contributed by atoms with Gasteiger partial charge in [-0.15, -0.1) is 0 Å². The number of halogens is 3. The highest BCUT2D eigenvalue weighted by molar-refractivity contribution is 5.33. The maximum absolute atomic E-state index is 12.5. The molecular formula is C13H17F3O2. The van der Waals surface area contributed by atoms with Crippen molar-refractivity contribution in [2.75, 3.05) is 13.2 Å². The Kier molecular flexibility index (Phi) is 5.16. The first-order valence-corrected chi connectivity index (χ1v) is 5.79. The van der Waals surface area contributed by atoms with Crippen LogP contribution in [0, 0.1) is 6.92 Å². The Hall–Kier alpha value is -1.07. The average Bonchev–Trinajstić information content (AvgIpc) is 2.27. The molecule has 0 aliphatic rings. The first-order chi connectivity index (χ1) is 8.36. The molecule has 102 valence electrons. The zero-order chi connectivity index (χ0) is 13.8. The van der Waals surface area contributed by atoms with E-state index in [1.807, 2.05) is 6.92 Å². The zero-order valence-electron chi connectivity index (χ0n) is 10.4. The first kappa shape index (κ1) is 15.0. The molecule has 1 atom stereocenters. The van der Waals surface area contributed by atoms with E-state index >= 15 is 0 Å². The highest BCUT2D eigenvalue weighted by Crippen LogP contribution is 2.32. The van der Waals surface area contributed by atoms with Gasteiger partial charge in [0.2, 0.25) is 0 Å². The van der Waals surface area contributed by atoms with Crippen molar-refractivity contribution in [3.05, 3.63) is 34.9 Å². The summed E-state index contributed by atoms with van der Waals surface area (Å²) in [6.07, 6.45) is -4.77. The monoisotopic (exact) mass is 262 g/mol. The highest BCUT2D eigenvalue weighted by Gasteiger charge is 2.30. The molecule has 0 aliphatic heterocycles. The Morgan fingerprint density at radius 3 is 2.50 bits per heavy atom. The van der Waals surface area contributed by atoms with Crippen molar-refractivity contribution < 1.29 is 23.0 Å². The van der Waals surface area contributed by atoms with Crippen molar-refractivity contribution in [3.8, 4) is 0 Å². The van der Waals surface area contributed by atoms with E-state index in [0.29, 0.717) is 30.8 Å². The zero-order valence-corrected chi connectivity index (χ0v) is 10.4. The standard InChI is InChI=1S/C13H17F3O2/c1-3-18-7-6-12(17)11-5-4-10(8-9(11)2)13(14,15)16/h4-5,8,12,17H,3,6-7H2,1-2H3. The fourth-order valence-corrected chi connectivity index (χ4v) is 1.72. The fraction of sp³-hybridized carbons (Fsp3) is 0.538. The molecule has 0 heterocycles. The third-order valence-electron chi connectivity index (χ3n) is 2.70. The van der Waals surface area contributed by atoms with E-state index < -0.39 is 17.8 Å². The molecule has 0 fully saturated rings. The van der Waals surface area contributed by atoms with Gasteiger partial charge >= 0.3 is 6.18 Å². The molecule has 0 saturated carbocycles. The van der Waals surface area contributed by atoms with Crippen molar-refractivity contribution in [1.82, 2.24) is 0 Å². The van der Waals surface area contributed by atoms with E-state index in [2.05, 4.69) is 0 Å². The third kappa shape index (κ3) is 3.99. The fourth-order valence-electron chi connectivity index (χ4n) is 1.72. The number of aliphatic hydroxyl groups is 1. The number of ether oxygens (including phenoxy) is 1. The van der Waals surface area contributed by atoms with Crippen molar-refractivity contribution in [2.24, 2.45) is 0 Å². The lowest BCUT2D eigenvalue weighted by Crippen LogP contribution is -2.09. The normalized spacial score (nSPS) is 13.7. The molecule has 5 heteroatoms. The lowest BCUT2D eigenvalue weighted by Gasteiger charge is -2.15. The molecule has 1 unspecified atom stereocenters. The SMILES string of the molecule is CCOCCC(O)c1ccc(C(F)(F)F)cc1C. The summed E-state index contributed by atoms with van der Waals surface area (Å²) < 4.78 is 42.5. The Morgan fingerprint density at radius 2 is 2.00 bits per heavy atom. The van der Waals surface area contributed by atoms with Crippen LogP contribution in [-0.4, -0.2) is 18.3 Å². The van der Waals surface area contributed by atoms with E-state index in [4.69, 9.17) is 4.74 Å². The van der Waals surface area contributed by atoms with Gasteiger partial charge in [0, 0.05) is 19.6 Å². The van der Waals surface area contributed by atoms with Crippen LogP contribution in [0.2, 0.25) is 0 Å². The summed E-state index contributed by atoms with van der Waals surface area (Å²) in [5.41, 5.74) is 0.261. The number of benzene rings is 1. The summed E-state index contributed by atoms with van der Waals surface area (Å²) in [6, 6.07) is 3.38. The Labute approximate surface area is 104 Å². The minimum Gasteiger partial charge on any atom is -0.388 e. The van der Waals surface area contributed by atoms with Crippen LogP contribution in [0.5, 0.6) is 0 Å². The Bertz CT molecular complexity index is 388. The molecule has 1 aromatic carbocycles. The molecule has 0 saturated heterocycles. The third-order valence-corrected chi connectivity index (χ3v) is 2.70. The van der Waals surface area contributed by atoms with Crippen LogP contribution >= 0.6 is 0 Å². The van der Waals surface area contributed by atoms with Crippen molar-refractivity contribution in [2.45, 2.75) is 32.5 Å². The van der Waals surface area contributed by atoms with Crippen LogP contribution in [0.4, 0.5) is 13.2 Å². The molecule has 18 heavy (non-hydrogen) atoms. The van der Waals surface area contributed by atoms with Crippen LogP contribution in [0.25, 0.3) is 0 Å². The summed E-state index contributed by atoms with van der Waals surface area (Å²) in [7, 11) is 0. The van der Waals surface area contributed by atoms with Gasteiger partial charge in [0.05, 0.1) is 11.7 Å². The molecule has 0 spiro atoms. The van der Waals surface area contributed by atoms with Crippen LogP contribution in [0.1, 0.15) is 36.1 Å². The predicted molar refractivity (Wildman–Crippen MR) is 62.3 cm³/mol. The van der Waals surface area contributed by atoms with E-state index in [1.165, 1.54) is 6.07 Å². The van der Waals surface area contributed by atoms with Crippen molar-refractivity contribution in [1.29, 1.82) is 0 Å². The largest absolute Gasteiger partial charge is 0.416 e. The van der Waals surface area contributed by atoms with E-state index in [0.717, 1.165) is 12.1 Å². The van der Waals surface area contributed by atoms with Gasteiger partial charge in [0.15, 0.2) is 0 Å². The molecule has 0 amide bonds. The minimum atomic E-state index is -4.35. The van der Waals surface area contributed by atoms with Crippen LogP contribution in [-0.2, 0) is 10.9 Å². The van der Waals surface area contributed by atoms with Crippen molar-refractivity contribution in [3.63, 3.8) is 0 Å². The van der Waals surface area contributed by atoms with Crippen molar-refractivity contribution >= 4 is 0 Å². The lowest BCUT2D eigenvalue weighted by atomic mass is 9.99. The number of hydrogen-bond acceptors (Lipinski definition) is 2. The Balaban J connectivity index is 2.79. The number of alkyl halides is 3. The number of rotatable bonds is 5. The van der Waals surface area contributed by atoms with Gasteiger partial charge in [-0.25, -0.2) is 0 Å². The second-order valence-electron chi connectivity index (χ2n) is 4.07. The van der Waals surface area contributed by atoms with Crippen LogP contribution in [0.15, 0.2) is 18.2 Å². The minimum absolute atomic E-state index is 0.375. The Morgan fingerprint density at radius 1 is 1.33 bits per heavy atom. The lowest BCUT2D eigenvalue weighted by molar-refractivity contribution is -0.137. The quantitative estimate of drug-likeness (QED) is 0.823. The number of hydrogen-bond donors (Lipinski definition) is 1. The maximum atomic E-state index is 12.5. The second-order valence-corrected chi connectivity index (χ2v) is 4.07. The molecule has 0 aliphatic carbocycles. The van der Waals surface area contributed by atoms with Gasteiger partial charge in [-0.05, 0) is 37.1 Å². The van der Waals surface area contributed by atoms with Gasteiger partial charge in [-0.1, -0.05) is 6.07 Å². The summed E-state index contributed by atoms with van der Waals surface area (Å²) >= 11 is 0. The molecule has 0 bridgehead atoms.